The van der Waals surface area contributed by atoms with E-state index in [0.717, 1.165) is 4.90 Å². The van der Waals surface area contributed by atoms with Crippen molar-refractivity contribution >= 4 is 27.5 Å². The van der Waals surface area contributed by atoms with Gasteiger partial charge < -0.3 is 5.32 Å². The molecule has 23 heavy (non-hydrogen) atoms. The SMILES string of the molecule is C[C@H](Sc1ccc(C(C)(C)C)cc1)C(=O)N[C@H]1CCS(=O)(=O)C1. The number of sulfone groups is 1. The van der Waals surface area contributed by atoms with Crippen molar-refractivity contribution in [2.45, 2.75) is 55.7 Å². The molecule has 4 nitrogen and oxygen atoms in total. The highest BCUT2D eigenvalue weighted by Crippen LogP contribution is 2.28. The second-order valence-electron chi connectivity index (χ2n) is 7.14. The highest BCUT2D eigenvalue weighted by Gasteiger charge is 2.30. The Morgan fingerprint density at radius 2 is 1.87 bits per heavy atom. The third-order valence-electron chi connectivity index (χ3n) is 3.98. The Hall–Kier alpha value is -1.01. The normalized spacial score (nSPS) is 21.8. The van der Waals surface area contributed by atoms with Crippen molar-refractivity contribution < 1.29 is 13.2 Å². The molecule has 0 spiro atoms. The number of carbonyl (C=O) groups excluding carboxylic acids is 1. The molecular weight excluding hydrogens is 330 g/mol. The zero-order valence-corrected chi connectivity index (χ0v) is 15.8. The van der Waals surface area contributed by atoms with Crippen LogP contribution in [-0.4, -0.2) is 37.1 Å². The van der Waals surface area contributed by atoms with Gasteiger partial charge in [0.15, 0.2) is 9.84 Å². The maximum atomic E-state index is 12.2. The summed E-state index contributed by atoms with van der Waals surface area (Å²) in [4.78, 5) is 13.3. The summed E-state index contributed by atoms with van der Waals surface area (Å²) in [5.41, 5.74) is 1.37. The Balaban J connectivity index is 1.91. The Morgan fingerprint density at radius 3 is 2.35 bits per heavy atom. The van der Waals surface area contributed by atoms with Crippen LogP contribution in [0.3, 0.4) is 0 Å². The number of hydrogen-bond donors (Lipinski definition) is 1. The minimum atomic E-state index is -2.97. The lowest BCUT2D eigenvalue weighted by atomic mass is 9.87. The van der Waals surface area contributed by atoms with Gasteiger partial charge in [-0.3, -0.25) is 4.79 Å². The summed E-state index contributed by atoms with van der Waals surface area (Å²) in [5, 5.41) is 2.60. The van der Waals surface area contributed by atoms with E-state index in [1.165, 1.54) is 17.3 Å². The largest absolute Gasteiger partial charge is 0.351 e. The summed E-state index contributed by atoms with van der Waals surface area (Å²) in [5.74, 6) is 0.140. The zero-order chi connectivity index (χ0) is 17.3. The molecular formula is C17H25NO3S2. The van der Waals surface area contributed by atoms with Crippen LogP contribution in [0.2, 0.25) is 0 Å². The Morgan fingerprint density at radius 1 is 1.26 bits per heavy atom. The van der Waals surface area contributed by atoms with E-state index in [4.69, 9.17) is 0 Å². The van der Waals surface area contributed by atoms with Crippen LogP contribution in [0.25, 0.3) is 0 Å². The molecule has 1 aromatic carbocycles. The molecule has 1 heterocycles. The molecule has 1 aromatic rings. The molecule has 1 amide bonds. The molecule has 0 unspecified atom stereocenters. The summed E-state index contributed by atoms with van der Waals surface area (Å²) in [7, 11) is -2.97. The fourth-order valence-corrected chi connectivity index (χ4v) is 5.07. The molecule has 0 aromatic heterocycles. The van der Waals surface area contributed by atoms with E-state index in [0.29, 0.717) is 6.42 Å². The molecule has 1 fully saturated rings. The topological polar surface area (TPSA) is 63.2 Å². The first-order valence-electron chi connectivity index (χ1n) is 7.85. The van der Waals surface area contributed by atoms with Crippen molar-refractivity contribution in [2.75, 3.05) is 11.5 Å². The van der Waals surface area contributed by atoms with Gasteiger partial charge in [0, 0.05) is 10.9 Å². The van der Waals surface area contributed by atoms with Crippen LogP contribution >= 0.6 is 11.8 Å². The average molecular weight is 356 g/mol. The molecule has 0 aliphatic carbocycles. The van der Waals surface area contributed by atoms with Gasteiger partial charge in [0.05, 0.1) is 16.8 Å². The third-order valence-corrected chi connectivity index (χ3v) is 6.86. The Bertz CT molecular complexity index is 660. The zero-order valence-electron chi connectivity index (χ0n) is 14.1. The van der Waals surface area contributed by atoms with Crippen molar-refractivity contribution in [1.82, 2.24) is 5.32 Å². The number of nitrogens with one attached hydrogen (secondary N) is 1. The predicted octanol–water partition coefficient (Wildman–Crippen LogP) is 2.77. The van der Waals surface area contributed by atoms with E-state index in [1.54, 1.807) is 0 Å². The summed E-state index contributed by atoms with van der Waals surface area (Å²) in [6.07, 6.45) is 0.520. The summed E-state index contributed by atoms with van der Waals surface area (Å²) in [6.45, 7) is 8.35. The Kier molecular flexibility index (Phi) is 5.46. The first kappa shape index (κ1) is 18.3. The van der Waals surface area contributed by atoms with Crippen LogP contribution in [0.4, 0.5) is 0 Å². The summed E-state index contributed by atoms with van der Waals surface area (Å²) < 4.78 is 22.9. The van der Waals surface area contributed by atoms with E-state index in [9.17, 15) is 13.2 Å². The molecule has 0 radical (unpaired) electrons. The summed E-state index contributed by atoms with van der Waals surface area (Å²) in [6, 6.07) is 8.02. The van der Waals surface area contributed by atoms with Crippen molar-refractivity contribution in [2.24, 2.45) is 0 Å². The van der Waals surface area contributed by atoms with E-state index >= 15 is 0 Å². The second-order valence-corrected chi connectivity index (χ2v) is 10.8. The van der Waals surface area contributed by atoms with Gasteiger partial charge in [-0.2, -0.15) is 0 Å². The van der Waals surface area contributed by atoms with Gasteiger partial charge in [0.25, 0.3) is 0 Å². The summed E-state index contributed by atoms with van der Waals surface area (Å²) >= 11 is 1.49. The maximum Gasteiger partial charge on any atom is 0.233 e. The Labute approximate surface area is 143 Å². The van der Waals surface area contributed by atoms with Gasteiger partial charge in [0.1, 0.15) is 0 Å². The highest BCUT2D eigenvalue weighted by molar-refractivity contribution is 8.00. The molecule has 128 valence electrons. The quantitative estimate of drug-likeness (QED) is 0.844. The van der Waals surface area contributed by atoms with Crippen LogP contribution in [0.5, 0.6) is 0 Å². The van der Waals surface area contributed by atoms with E-state index in [-0.39, 0.29) is 34.1 Å². The van der Waals surface area contributed by atoms with Crippen LogP contribution < -0.4 is 5.32 Å². The van der Waals surface area contributed by atoms with Gasteiger partial charge in [-0.05, 0) is 36.5 Å². The van der Waals surface area contributed by atoms with Gasteiger partial charge in [-0.25, -0.2) is 8.42 Å². The smallest absolute Gasteiger partial charge is 0.233 e. The van der Waals surface area contributed by atoms with E-state index in [1.807, 2.05) is 19.1 Å². The first-order chi connectivity index (χ1) is 10.6. The molecule has 2 rings (SSSR count). The lowest BCUT2D eigenvalue weighted by molar-refractivity contribution is -0.120. The first-order valence-corrected chi connectivity index (χ1v) is 10.5. The second kappa shape index (κ2) is 6.85. The average Bonchev–Trinajstić information content (AvgIpc) is 2.77. The van der Waals surface area contributed by atoms with Crippen molar-refractivity contribution in [3.63, 3.8) is 0 Å². The minimum absolute atomic E-state index is 0.0659. The van der Waals surface area contributed by atoms with Gasteiger partial charge in [0.2, 0.25) is 5.91 Å². The molecule has 1 N–H and O–H groups in total. The molecule has 0 bridgehead atoms. The molecule has 1 aliphatic rings. The van der Waals surface area contributed by atoms with Crippen LogP contribution in [-0.2, 0) is 20.0 Å². The van der Waals surface area contributed by atoms with Crippen LogP contribution in [0, 0.1) is 0 Å². The van der Waals surface area contributed by atoms with E-state index in [2.05, 4.69) is 38.2 Å². The van der Waals surface area contributed by atoms with Gasteiger partial charge in [-0.15, -0.1) is 11.8 Å². The van der Waals surface area contributed by atoms with Gasteiger partial charge >= 0.3 is 0 Å². The number of amides is 1. The fourth-order valence-electron chi connectivity index (χ4n) is 2.52. The molecule has 1 saturated heterocycles. The van der Waals surface area contributed by atoms with Gasteiger partial charge in [-0.1, -0.05) is 32.9 Å². The number of benzene rings is 1. The van der Waals surface area contributed by atoms with Crippen LogP contribution in [0.1, 0.15) is 39.7 Å². The van der Waals surface area contributed by atoms with Crippen molar-refractivity contribution in [3.05, 3.63) is 29.8 Å². The number of rotatable bonds is 4. The lowest BCUT2D eigenvalue weighted by Crippen LogP contribution is -2.39. The highest BCUT2D eigenvalue weighted by atomic mass is 32.2. The fraction of sp³-hybridized carbons (Fsp3) is 0.588. The number of thioether (sulfide) groups is 1. The van der Waals surface area contributed by atoms with Crippen molar-refractivity contribution in [3.8, 4) is 0 Å². The number of hydrogen-bond acceptors (Lipinski definition) is 4. The monoisotopic (exact) mass is 355 g/mol. The number of carbonyl (C=O) groups is 1. The lowest BCUT2D eigenvalue weighted by Gasteiger charge is -2.20. The molecule has 0 saturated carbocycles. The molecule has 6 heteroatoms. The standard InChI is InChI=1S/C17H25NO3S2/c1-12(16(19)18-14-9-10-23(20,21)11-14)22-15-7-5-13(6-8-15)17(2,3)4/h5-8,12,14H,9-11H2,1-4H3,(H,18,19)/t12-,14-/m0/s1. The van der Waals surface area contributed by atoms with E-state index < -0.39 is 9.84 Å². The van der Waals surface area contributed by atoms with Crippen LogP contribution in [0.15, 0.2) is 29.2 Å². The maximum absolute atomic E-state index is 12.2. The van der Waals surface area contributed by atoms with Crippen molar-refractivity contribution in [1.29, 1.82) is 0 Å². The molecule has 2 atom stereocenters. The minimum Gasteiger partial charge on any atom is -0.351 e. The predicted molar refractivity (Wildman–Crippen MR) is 95.7 cm³/mol. The molecule has 1 aliphatic heterocycles. The third kappa shape index (κ3) is 5.24.